The van der Waals surface area contributed by atoms with Crippen LogP contribution >= 0.6 is 11.3 Å². The summed E-state index contributed by atoms with van der Waals surface area (Å²) in [6.07, 6.45) is 7.06. The molecule has 2 nitrogen and oxygen atoms in total. The second-order valence-electron chi connectivity index (χ2n) is 4.94. The van der Waals surface area contributed by atoms with Gasteiger partial charge in [0.2, 0.25) is 0 Å². The molecule has 1 aliphatic rings. The summed E-state index contributed by atoms with van der Waals surface area (Å²) in [4.78, 5) is 5.61. The number of nitrogens with zero attached hydrogens (tertiary/aromatic N) is 1. The van der Waals surface area contributed by atoms with E-state index in [0.29, 0.717) is 0 Å². The lowest BCUT2D eigenvalue weighted by atomic mass is 10.1. The molecule has 1 saturated heterocycles. The SMILES string of the molecule is CNCc1ccc(CN2CCCCCCC2)s1. The second-order valence-corrected chi connectivity index (χ2v) is 6.20. The van der Waals surface area contributed by atoms with Crippen LogP contribution < -0.4 is 5.32 Å². The fourth-order valence-corrected chi connectivity index (χ4v) is 3.54. The van der Waals surface area contributed by atoms with E-state index in [9.17, 15) is 0 Å². The largest absolute Gasteiger partial charge is 0.315 e. The number of hydrogen-bond donors (Lipinski definition) is 1. The third kappa shape index (κ3) is 4.41. The van der Waals surface area contributed by atoms with Crippen LogP contribution in [0.1, 0.15) is 41.9 Å². The summed E-state index contributed by atoms with van der Waals surface area (Å²) in [5, 5.41) is 3.22. The summed E-state index contributed by atoms with van der Waals surface area (Å²) in [6.45, 7) is 4.75. The Balaban J connectivity index is 1.84. The molecule has 1 aliphatic heterocycles. The lowest BCUT2D eigenvalue weighted by Crippen LogP contribution is -2.26. The maximum atomic E-state index is 3.22. The fourth-order valence-electron chi connectivity index (χ4n) is 2.47. The average Bonchev–Trinajstić information content (AvgIpc) is 2.70. The van der Waals surface area contributed by atoms with E-state index >= 15 is 0 Å². The Bertz CT molecular complexity index is 314. The minimum absolute atomic E-state index is 1.00. The minimum Gasteiger partial charge on any atom is -0.315 e. The van der Waals surface area contributed by atoms with E-state index in [2.05, 4.69) is 22.3 Å². The van der Waals surface area contributed by atoms with Gasteiger partial charge in [-0.2, -0.15) is 0 Å². The molecule has 0 bridgehead atoms. The molecule has 1 aromatic rings. The summed E-state index contributed by atoms with van der Waals surface area (Å²) in [5.74, 6) is 0. The van der Waals surface area contributed by atoms with E-state index in [0.717, 1.165) is 13.1 Å². The molecule has 1 N–H and O–H groups in total. The van der Waals surface area contributed by atoms with E-state index in [1.165, 1.54) is 54.9 Å². The first-order chi connectivity index (χ1) is 8.38. The maximum Gasteiger partial charge on any atom is 0.0328 e. The van der Waals surface area contributed by atoms with Crippen molar-refractivity contribution in [3.05, 3.63) is 21.9 Å². The second kappa shape index (κ2) is 7.14. The number of rotatable bonds is 4. The van der Waals surface area contributed by atoms with Crippen LogP contribution in [0.25, 0.3) is 0 Å². The zero-order valence-electron chi connectivity index (χ0n) is 10.9. The average molecular weight is 252 g/mol. The molecule has 0 saturated carbocycles. The highest BCUT2D eigenvalue weighted by atomic mass is 32.1. The lowest BCUT2D eigenvalue weighted by Gasteiger charge is -2.23. The van der Waals surface area contributed by atoms with Crippen LogP contribution in [0.2, 0.25) is 0 Å². The Morgan fingerprint density at radius 3 is 2.41 bits per heavy atom. The van der Waals surface area contributed by atoms with Crippen LogP contribution in [0.3, 0.4) is 0 Å². The van der Waals surface area contributed by atoms with Gasteiger partial charge < -0.3 is 5.32 Å². The molecule has 96 valence electrons. The Morgan fingerprint density at radius 1 is 1.06 bits per heavy atom. The van der Waals surface area contributed by atoms with Crippen molar-refractivity contribution in [3.8, 4) is 0 Å². The molecule has 1 aromatic heterocycles. The van der Waals surface area contributed by atoms with E-state index in [1.54, 1.807) is 0 Å². The molecule has 0 amide bonds. The first-order valence-electron chi connectivity index (χ1n) is 6.83. The molecule has 0 unspecified atom stereocenters. The topological polar surface area (TPSA) is 15.3 Å². The monoisotopic (exact) mass is 252 g/mol. The number of likely N-dealkylation sites (tertiary alicyclic amines) is 1. The van der Waals surface area contributed by atoms with Crippen molar-refractivity contribution in [2.24, 2.45) is 0 Å². The van der Waals surface area contributed by atoms with Crippen molar-refractivity contribution >= 4 is 11.3 Å². The normalized spacial score (nSPS) is 18.9. The third-order valence-corrected chi connectivity index (χ3v) is 4.47. The zero-order chi connectivity index (χ0) is 11.9. The van der Waals surface area contributed by atoms with Crippen molar-refractivity contribution in [2.45, 2.75) is 45.2 Å². The van der Waals surface area contributed by atoms with Gasteiger partial charge in [-0.15, -0.1) is 11.3 Å². The standard InChI is InChI=1S/C14H24N2S/c1-15-11-13-7-8-14(17-13)12-16-9-5-3-2-4-6-10-16/h7-8,15H,2-6,9-12H2,1H3. The minimum atomic E-state index is 1.00. The lowest BCUT2D eigenvalue weighted by molar-refractivity contribution is 0.241. The van der Waals surface area contributed by atoms with Gasteiger partial charge >= 0.3 is 0 Å². The molecule has 0 spiro atoms. The highest BCUT2D eigenvalue weighted by molar-refractivity contribution is 7.11. The molecule has 0 aromatic carbocycles. The number of thiophene rings is 1. The van der Waals surface area contributed by atoms with Gasteiger partial charge in [0.15, 0.2) is 0 Å². The predicted octanol–water partition coefficient (Wildman–Crippen LogP) is 3.23. The van der Waals surface area contributed by atoms with Crippen LogP contribution in [0.4, 0.5) is 0 Å². The molecule has 17 heavy (non-hydrogen) atoms. The summed E-state index contributed by atoms with van der Waals surface area (Å²) in [7, 11) is 2.01. The molecular weight excluding hydrogens is 228 g/mol. The van der Waals surface area contributed by atoms with E-state index < -0.39 is 0 Å². The highest BCUT2D eigenvalue weighted by Gasteiger charge is 2.09. The van der Waals surface area contributed by atoms with Gasteiger partial charge in [0.1, 0.15) is 0 Å². The van der Waals surface area contributed by atoms with Crippen LogP contribution in [0.15, 0.2) is 12.1 Å². The number of hydrogen-bond acceptors (Lipinski definition) is 3. The van der Waals surface area contributed by atoms with Gasteiger partial charge in [0.05, 0.1) is 0 Å². The molecule has 2 rings (SSSR count). The summed E-state index contributed by atoms with van der Waals surface area (Å²) >= 11 is 1.96. The zero-order valence-corrected chi connectivity index (χ0v) is 11.7. The van der Waals surface area contributed by atoms with Gasteiger partial charge in [0.25, 0.3) is 0 Å². The van der Waals surface area contributed by atoms with Crippen LogP contribution in [0, 0.1) is 0 Å². The smallest absolute Gasteiger partial charge is 0.0328 e. The predicted molar refractivity (Wildman–Crippen MR) is 75.4 cm³/mol. The third-order valence-electron chi connectivity index (χ3n) is 3.40. The Kier molecular flexibility index (Phi) is 5.49. The molecule has 0 atom stereocenters. The van der Waals surface area contributed by atoms with Gasteiger partial charge in [-0.25, -0.2) is 0 Å². The Morgan fingerprint density at radius 2 is 1.71 bits per heavy atom. The van der Waals surface area contributed by atoms with E-state index in [1.807, 2.05) is 18.4 Å². The highest BCUT2D eigenvalue weighted by Crippen LogP contribution is 2.20. The van der Waals surface area contributed by atoms with Crippen molar-refractivity contribution in [2.75, 3.05) is 20.1 Å². The molecule has 1 fully saturated rings. The van der Waals surface area contributed by atoms with Crippen LogP contribution in [0.5, 0.6) is 0 Å². The Hall–Kier alpha value is -0.380. The van der Waals surface area contributed by atoms with E-state index in [4.69, 9.17) is 0 Å². The molecule has 0 aliphatic carbocycles. The molecular formula is C14H24N2S. The van der Waals surface area contributed by atoms with Gasteiger partial charge in [-0.05, 0) is 45.1 Å². The quantitative estimate of drug-likeness (QED) is 0.885. The van der Waals surface area contributed by atoms with Crippen molar-refractivity contribution in [3.63, 3.8) is 0 Å². The van der Waals surface area contributed by atoms with Crippen molar-refractivity contribution in [1.29, 1.82) is 0 Å². The van der Waals surface area contributed by atoms with Gasteiger partial charge in [-0.1, -0.05) is 19.3 Å². The Labute approximate surface area is 109 Å². The fraction of sp³-hybridized carbons (Fsp3) is 0.714. The maximum absolute atomic E-state index is 3.22. The molecule has 0 radical (unpaired) electrons. The first kappa shape index (κ1) is 13.1. The summed E-state index contributed by atoms with van der Waals surface area (Å²) in [5.41, 5.74) is 0. The van der Waals surface area contributed by atoms with Crippen molar-refractivity contribution < 1.29 is 0 Å². The van der Waals surface area contributed by atoms with Crippen LogP contribution in [-0.2, 0) is 13.1 Å². The van der Waals surface area contributed by atoms with Gasteiger partial charge in [-0.3, -0.25) is 4.90 Å². The molecule has 3 heteroatoms. The summed E-state index contributed by atoms with van der Waals surface area (Å²) in [6, 6.07) is 4.57. The van der Waals surface area contributed by atoms with Crippen LogP contribution in [-0.4, -0.2) is 25.0 Å². The first-order valence-corrected chi connectivity index (χ1v) is 7.64. The number of nitrogens with one attached hydrogen (secondary N) is 1. The summed E-state index contributed by atoms with van der Waals surface area (Å²) < 4.78 is 0. The van der Waals surface area contributed by atoms with Gasteiger partial charge in [0, 0.05) is 22.8 Å². The molecule has 2 heterocycles. The van der Waals surface area contributed by atoms with Crippen molar-refractivity contribution in [1.82, 2.24) is 10.2 Å². The van der Waals surface area contributed by atoms with E-state index in [-0.39, 0.29) is 0 Å².